The molecule has 17 rings (SSSR count). The number of unbranched alkanes of at least 4 members (excludes halogenated alkanes) is 2. The minimum Gasteiger partial charge on any atom is -0.378 e. The molecular weight excluding hydrogens is 1660 g/mol. The van der Waals surface area contributed by atoms with Crippen LogP contribution in [0.2, 0.25) is 0 Å². The number of alkyl halides is 1. The van der Waals surface area contributed by atoms with Crippen LogP contribution in [0.5, 0.6) is 0 Å². The lowest BCUT2D eigenvalue weighted by atomic mass is 9.82. The third kappa shape index (κ3) is 24.0. The van der Waals surface area contributed by atoms with Gasteiger partial charge in [0.2, 0.25) is 0 Å². The summed E-state index contributed by atoms with van der Waals surface area (Å²) in [6.45, 7) is 14.2. The molecule has 0 aliphatic heterocycles. The predicted octanol–water partition coefficient (Wildman–Crippen LogP) is 26.5. The molecule has 4 saturated carbocycles. The number of anilines is 5. The van der Waals surface area contributed by atoms with Gasteiger partial charge < -0.3 is 46.1 Å². The minimum atomic E-state index is -1.58. The second-order valence-electron chi connectivity index (χ2n) is 36.7. The lowest BCUT2D eigenvalue weighted by Crippen LogP contribution is -2.31. The SMILES string of the molecule is CCCCCc1ccc(-c2c(C3CCCC3)[nH]c(=O)c(C(=O)Nc3ccc(C)cc3)c2-c2ccc(C)cc2)cc1.Cc1ccc(-c2cc(C3CCCCC3)[nH]c(=O)c2C(=O)Nc2ccccc2)cc1.Cc1ccc(NC(=O)c2c(-c3ccc(C)cc3)c(F)c(C3CCCCC3)[nH]c2=O)cc1.Cc1ccc(NC(=O)c2c(-c3ccc(N(C)C)cc3)cc(C3(F)CCCCC3)[nH]c2=O)cc1. The van der Waals surface area contributed by atoms with E-state index >= 15 is 8.78 Å². The number of para-hydroxylation sites is 1. The Balaban J connectivity index is 0.000000143. The van der Waals surface area contributed by atoms with Gasteiger partial charge in [-0.3, -0.25) is 38.4 Å². The van der Waals surface area contributed by atoms with Gasteiger partial charge in [0, 0.05) is 87.7 Å². The van der Waals surface area contributed by atoms with E-state index in [1.807, 2.05) is 223 Å². The van der Waals surface area contributed by atoms with Crippen LogP contribution in [0.15, 0.2) is 256 Å². The van der Waals surface area contributed by atoms with Crippen molar-refractivity contribution >= 4 is 52.1 Å². The van der Waals surface area contributed by atoms with Crippen LogP contribution in [0.3, 0.4) is 0 Å². The number of rotatable bonds is 22. The van der Waals surface area contributed by atoms with Crippen LogP contribution in [0, 0.1) is 47.4 Å². The standard InChI is InChI=1S/C36H40N2O2.C27H30FN3O2.C26H27FN2O2.C25H26N2O2/c1-4-5-6-9-26-16-20-28(21-17-26)32-31(27-18-12-24(2)13-19-27)33(35(39)37-30-22-14-25(3)15-23-30)36(40)38-34(32)29-10-7-8-11-29;1-18-7-11-20(12-8-18)29-25(32)24-22(19-9-13-21(14-10-19)31(2)3)17-23(30-26(24)33)27(28)15-5-4-6-16-27;1-16-8-12-18(13-9-16)21-22(25(30)28-20-14-10-17(2)11-15-20)26(31)29-24(23(21)27)19-6-4-3-5-7-19;1-17-12-14-18(15-13-17)21-16-22(19-8-4-2-5-9-19)27-25(29)23(21)24(28)26-20-10-6-3-7-11-20/h12-23,29H,4-11H2,1-3H3,(H,37,39)(H,38,40);7-14,17H,4-6,15-16H2,1-3H3,(H,29,32)(H,30,33);8-15,19H,3-7H2,1-2H3,(H,28,30)(H,29,31);3,6-7,10-16,19H,2,4-5,8-9H2,1H3,(H,26,28)(H,27,29). The maximum Gasteiger partial charge on any atom is 0.262 e. The van der Waals surface area contributed by atoms with Crippen LogP contribution in [0.4, 0.5) is 37.2 Å². The van der Waals surface area contributed by atoms with Gasteiger partial charge in [-0.05, 0) is 237 Å². The van der Waals surface area contributed by atoms with E-state index in [4.69, 9.17) is 0 Å². The quantitative estimate of drug-likeness (QED) is 0.0300. The van der Waals surface area contributed by atoms with Gasteiger partial charge in [0.1, 0.15) is 22.3 Å². The van der Waals surface area contributed by atoms with Crippen LogP contribution in [-0.2, 0) is 12.1 Å². The van der Waals surface area contributed by atoms with E-state index in [9.17, 15) is 38.4 Å². The summed E-state index contributed by atoms with van der Waals surface area (Å²) >= 11 is 0. The second kappa shape index (κ2) is 44.5. The summed E-state index contributed by atoms with van der Waals surface area (Å²) < 4.78 is 31.7. The summed E-state index contributed by atoms with van der Waals surface area (Å²) in [5.74, 6) is -1.81. The van der Waals surface area contributed by atoms with Gasteiger partial charge in [-0.25, -0.2) is 8.78 Å². The van der Waals surface area contributed by atoms with E-state index in [1.165, 1.54) is 44.1 Å². The summed E-state index contributed by atoms with van der Waals surface area (Å²) in [5.41, 5.74) is 17.5. The largest absolute Gasteiger partial charge is 0.378 e. The number of H-pyrrole nitrogens is 4. The Morgan fingerprint density at radius 3 is 1.17 bits per heavy atom. The van der Waals surface area contributed by atoms with E-state index in [0.29, 0.717) is 75.0 Å². The van der Waals surface area contributed by atoms with Crippen molar-refractivity contribution in [2.75, 3.05) is 40.3 Å². The molecule has 4 aliphatic carbocycles. The summed E-state index contributed by atoms with van der Waals surface area (Å²) in [5, 5.41) is 11.4. The third-order valence-electron chi connectivity index (χ3n) is 26.4. The van der Waals surface area contributed by atoms with Gasteiger partial charge in [0.05, 0.1) is 11.4 Å². The number of nitrogens with zero attached hydrogens (tertiary/aromatic N) is 1. The number of nitrogens with one attached hydrogen (secondary N) is 8. The molecule has 0 unspecified atom stereocenters. The van der Waals surface area contributed by atoms with Crippen molar-refractivity contribution in [2.24, 2.45) is 0 Å². The number of aryl methyl sites for hydroxylation is 7. The first kappa shape index (κ1) is 95.4. The number of benzene rings is 9. The smallest absolute Gasteiger partial charge is 0.262 e. The summed E-state index contributed by atoms with van der Waals surface area (Å²) in [4.78, 5) is 120. The van der Waals surface area contributed by atoms with E-state index in [2.05, 4.69) is 79.3 Å². The molecule has 8 N–H and O–H groups in total. The van der Waals surface area contributed by atoms with Crippen LogP contribution in [0.25, 0.3) is 55.6 Å². The molecule has 13 aromatic rings. The fourth-order valence-corrected chi connectivity index (χ4v) is 18.7. The zero-order chi connectivity index (χ0) is 93.8. The van der Waals surface area contributed by atoms with E-state index < -0.39 is 40.3 Å². The first-order valence-electron chi connectivity index (χ1n) is 47.3. The van der Waals surface area contributed by atoms with Gasteiger partial charge >= 0.3 is 0 Å². The van der Waals surface area contributed by atoms with E-state index in [-0.39, 0.29) is 62.4 Å². The highest BCUT2D eigenvalue weighted by Crippen LogP contribution is 2.46. The molecule has 4 aromatic heterocycles. The van der Waals surface area contributed by atoms with Gasteiger partial charge in [-0.2, -0.15) is 0 Å². The fraction of sp³-hybridized carbons (Fsp3) is 0.316. The monoisotopic (exact) mass is 1780 g/mol. The number of amides is 4. The Bertz CT molecular complexity index is 6460. The number of aromatic amines is 4. The molecule has 17 nitrogen and oxygen atoms in total. The van der Waals surface area contributed by atoms with Gasteiger partial charge in [0.15, 0.2) is 11.5 Å². The Hall–Kier alpha value is -13.7. The van der Waals surface area contributed by atoms with Crippen molar-refractivity contribution in [3.05, 3.63) is 368 Å². The van der Waals surface area contributed by atoms with Crippen molar-refractivity contribution in [3.63, 3.8) is 0 Å². The first-order valence-corrected chi connectivity index (χ1v) is 47.3. The fourth-order valence-electron chi connectivity index (χ4n) is 18.7. The summed E-state index contributed by atoms with van der Waals surface area (Å²) in [6.07, 6.45) is 23.0. The highest BCUT2D eigenvalue weighted by molar-refractivity contribution is 6.12. The Morgan fingerprint density at radius 1 is 0.361 bits per heavy atom. The molecule has 19 heteroatoms. The van der Waals surface area contributed by atoms with Crippen molar-refractivity contribution in [3.8, 4) is 55.6 Å². The summed E-state index contributed by atoms with van der Waals surface area (Å²) in [6, 6.07) is 74.9. The van der Waals surface area contributed by atoms with Crippen LogP contribution >= 0.6 is 0 Å². The zero-order valence-electron chi connectivity index (χ0n) is 78.0. The van der Waals surface area contributed by atoms with Crippen molar-refractivity contribution in [1.82, 2.24) is 19.9 Å². The number of carbonyl (C=O) groups is 4. The Kier molecular flexibility index (Phi) is 31.9. The molecule has 4 heterocycles. The number of hydrogen-bond donors (Lipinski definition) is 8. The molecular formula is C114H123F2N9O8. The van der Waals surface area contributed by atoms with Crippen LogP contribution in [-0.4, -0.2) is 57.7 Å². The highest BCUT2D eigenvalue weighted by atomic mass is 19.1. The molecule has 4 fully saturated rings. The Labute approximate surface area is 778 Å². The maximum absolute atomic E-state index is 15.9. The summed E-state index contributed by atoms with van der Waals surface area (Å²) in [7, 11) is 3.88. The molecule has 0 spiro atoms. The molecule has 4 aliphatic rings. The normalized spacial score (nSPS) is 14.3. The third-order valence-corrected chi connectivity index (χ3v) is 26.4. The first-order chi connectivity index (χ1) is 64.3. The van der Waals surface area contributed by atoms with Crippen molar-refractivity contribution in [2.45, 2.75) is 220 Å². The molecule has 686 valence electrons. The molecule has 0 atom stereocenters. The lowest BCUT2D eigenvalue weighted by molar-refractivity contribution is 0.0991. The topological polar surface area (TPSA) is 251 Å². The number of halogens is 2. The molecule has 133 heavy (non-hydrogen) atoms. The Morgan fingerprint density at radius 2 is 0.707 bits per heavy atom. The number of hydrogen-bond acceptors (Lipinski definition) is 9. The molecule has 0 bridgehead atoms. The molecule has 0 radical (unpaired) electrons. The average Bonchev–Trinajstić information content (AvgIpc) is 1.55. The maximum atomic E-state index is 15.9. The van der Waals surface area contributed by atoms with Gasteiger partial charge in [-0.15, -0.1) is 0 Å². The predicted molar refractivity (Wildman–Crippen MR) is 538 cm³/mol. The zero-order valence-corrected chi connectivity index (χ0v) is 78.0. The molecule has 4 amide bonds. The van der Waals surface area contributed by atoms with E-state index in [0.717, 1.165) is 169 Å². The van der Waals surface area contributed by atoms with Crippen LogP contribution < -0.4 is 48.4 Å². The number of carbonyl (C=O) groups excluding carboxylic acids is 4. The van der Waals surface area contributed by atoms with Crippen LogP contribution in [0.1, 0.15) is 269 Å². The second-order valence-corrected chi connectivity index (χ2v) is 36.7. The lowest BCUT2D eigenvalue weighted by Gasteiger charge is -2.30. The van der Waals surface area contributed by atoms with Crippen molar-refractivity contribution in [1.29, 1.82) is 0 Å². The van der Waals surface area contributed by atoms with Gasteiger partial charge in [0.25, 0.3) is 45.9 Å². The minimum absolute atomic E-state index is 0.0173. The van der Waals surface area contributed by atoms with Gasteiger partial charge in [-0.1, -0.05) is 275 Å². The number of pyridine rings is 4. The highest BCUT2D eigenvalue weighted by Gasteiger charge is 2.38. The average molecular weight is 1790 g/mol. The van der Waals surface area contributed by atoms with E-state index in [1.54, 1.807) is 42.5 Å². The molecule has 0 saturated heterocycles. The van der Waals surface area contributed by atoms with Crippen molar-refractivity contribution < 1.29 is 28.0 Å². The molecule has 9 aromatic carbocycles. The number of aromatic nitrogens is 4.